The van der Waals surface area contributed by atoms with E-state index in [1.165, 1.54) is 12.1 Å². The summed E-state index contributed by atoms with van der Waals surface area (Å²) in [5.41, 5.74) is 0.482. The predicted octanol–water partition coefficient (Wildman–Crippen LogP) is 3.74. The van der Waals surface area contributed by atoms with E-state index in [9.17, 15) is 8.78 Å². The molecule has 0 saturated carbocycles. The van der Waals surface area contributed by atoms with Crippen molar-refractivity contribution in [3.05, 3.63) is 35.4 Å². The fraction of sp³-hybridized carbons (Fsp3) is 0.611. The molecule has 1 aromatic carbocycles. The van der Waals surface area contributed by atoms with Gasteiger partial charge < -0.3 is 15.4 Å². The molecule has 0 saturated heterocycles. The fourth-order valence-corrected chi connectivity index (χ4v) is 2.42. The molecule has 144 valence electrons. The summed E-state index contributed by atoms with van der Waals surface area (Å²) in [6, 6.07) is 3.64. The minimum absolute atomic E-state index is 0. The minimum Gasteiger partial charge on any atom is -0.378 e. The molecule has 25 heavy (non-hydrogen) atoms. The average molecular weight is 469 g/mol. The van der Waals surface area contributed by atoms with E-state index >= 15 is 0 Å². The summed E-state index contributed by atoms with van der Waals surface area (Å²) in [5.74, 6) is 0.0478. The molecule has 0 heterocycles. The zero-order valence-electron chi connectivity index (χ0n) is 15.4. The van der Waals surface area contributed by atoms with Crippen molar-refractivity contribution in [3.8, 4) is 0 Å². The minimum atomic E-state index is -0.560. The number of hydrogen-bond donors (Lipinski definition) is 2. The SMILES string of the molecule is CCOC(CCNC(=NC)NCCc1ccc(F)cc1F)C(C)C.I. The fourth-order valence-electron chi connectivity index (χ4n) is 2.42. The summed E-state index contributed by atoms with van der Waals surface area (Å²) >= 11 is 0. The molecular formula is C18H30F2IN3O. The highest BCUT2D eigenvalue weighted by molar-refractivity contribution is 14.0. The maximum atomic E-state index is 13.6. The number of halogens is 3. The molecule has 0 fully saturated rings. The van der Waals surface area contributed by atoms with Crippen molar-refractivity contribution in [2.45, 2.75) is 39.7 Å². The molecule has 0 aliphatic carbocycles. The number of hydrogen-bond acceptors (Lipinski definition) is 2. The second-order valence-electron chi connectivity index (χ2n) is 5.94. The van der Waals surface area contributed by atoms with Crippen LogP contribution in [0, 0.1) is 17.6 Å². The lowest BCUT2D eigenvalue weighted by Crippen LogP contribution is -2.40. The molecule has 1 rings (SSSR count). The number of rotatable bonds is 9. The molecular weight excluding hydrogens is 439 g/mol. The Morgan fingerprint density at radius 2 is 1.88 bits per heavy atom. The molecule has 1 aromatic rings. The van der Waals surface area contributed by atoms with E-state index in [1.807, 2.05) is 6.92 Å². The normalized spacial score (nSPS) is 12.7. The van der Waals surface area contributed by atoms with Gasteiger partial charge in [0.25, 0.3) is 0 Å². The lowest BCUT2D eigenvalue weighted by Gasteiger charge is -2.21. The number of nitrogens with one attached hydrogen (secondary N) is 2. The lowest BCUT2D eigenvalue weighted by molar-refractivity contribution is 0.0258. The zero-order valence-corrected chi connectivity index (χ0v) is 17.8. The number of benzene rings is 1. The van der Waals surface area contributed by atoms with Crippen LogP contribution in [0.2, 0.25) is 0 Å². The predicted molar refractivity (Wildman–Crippen MR) is 110 cm³/mol. The summed E-state index contributed by atoms with van der Waals surface area (Å²) in [5, 5.41) is 6.36. The van der Waals surface area contributed by atoms with Gasteiger partial charge >= 0.3 is 0 Å². The van der Waals surface area contributed by atoms with Gasteiger partial charge in [-0.05, 0) is 37.3 Å². The average Bonchev–Trinajstić information content (AvgIpc) is 2.54. The van der Waals surface area contributed by atoms with Crippen molar-refractivity contribution in [2.75, 3.05) is 26.7 Å². The van der Waals surface area contributed by atoms with Crippen molar-refractivity contribution in [2.24, 2.45) is 10.9 Å². The Labute approximate surface area is 166 Å². The third-order valence-electron chi connectivity index (χ3n) is 3.77. The first-order valence-electron chi connectivity index (χ1n) is 8.48. The molecule has 0 bridgehead atoms. The maximum Gasteiger partial charge on any atom is 0.190 e. The standard InChI is InChI=1S/C18H29F2N3O.HI/c1-5-24-17(13(2)3)9-11-23-18(21-4)22-10-8-14-6-7-15(19)12-16(14)20;/h6-7,12-13,17H,5,8-11H2,1-4H3,(H2,21,22,23);1H. The van der Waals surface area contributed by atoms with E-state index in [1.54, 1.807) is 7.05 Å². The van der Waals surface area contributed by atoms with Crippen molar-refractivity contribution >= 4 is 29.9 Å². The van der Waals surface area contributed by atoms with Gasteiger partial charge in [-0.15, -0.1) is 24.0 Å². The monoisotopic (exact) mass is 469 g/mol. The molecule has 1 atom stereocenters. The van der Waals surface area contributed by atoms with Crippen molar-refractivity contribution in [1.29, 1.82) is 0 Å². The topological polar surface area (TPSA) is 45.6 Å². The van der Waals surface area contributed by atoms with E-state index in [0.717, 1.165) is 19.0 Å². The van der Waals surface area contributed by atoms with Crippen LogP contribution >= 0.6 is 24.0 Å². The first-order chi connectivity index (χ1) is 11.5. The van der Waals surface area contributed by atoms with Crippen LogP contribution in [0.1, 0.15) is 32.8 Å². The summed E-state index contributed by atoms with van der Waals surface area (Å²) in [6.45, 7) is 8.25. The Kier molecular flexibility index (Phi) is 12.8. The van der Waals surface area contributed by atoms with Crippen LogP contribution in [0.4, 0.5) is 8.78 Å². The number of aliphatic imine (C=N–C) groups is 1. The Balaban J connectivity index is 0.00000576. The van der Waals surface area contributed by atoms with Crippen LogP contribution in [0.3, 0.4) is 0 Å². The van der Waals surface area contributed by atoms with E-state index in [4.69, 9.17) is 4.74 Å². The van der Waals surface area contributed by atoms with Crippen molar-refractivity contribution < 1.29 is 13.5 Å². The van der Waals surface area contributed by atoms with Gasteiger partial charge in [0.05, 0.1) is 6.10 Å². The molecule has 0 spiro atoms. The molecule has 0 amide bonds. The summed E-state index contributed by atoms with van der Waals surface area (Å²) in [4.78, 5) is 4.14. The van der Waals surface area contributed by atoms with Gasteiger partial charge in [-0.2, -0.15) is 0 Å². The number of ether oxygens (including phenoxy) is 1. The highest BCUT2D eigenvalue weighted by Crippen LogP contribution is 2.10. The number of guanidine groups is 1. The van der Waals surface area contributed by atoms with E-state index in [-0.39, 0.29) is 30.1 Å². The summed E-state index contributed by atoms with van der Waals surface area (Å²) < 4.78 is 32.2. The van der Waals surface area contributed by atoms with E-state index in [0.29, 0.717) is 37.0 Å². The Morgan fingerprint density at radius 1 is 1.20 bits per heavy atom. The van der Waals surface area contributed by atoms with Gasteiger partial charge in [-0.25, -0.2) is 8.78 Å². The highest BCUT2D eigenvalue weighted by Gasteiger charge is 2.13. The smallest absolute Gasteiger partial charge is 0.190 e. The van der Waals surface area contributed by atoms with Gasteiger partial charge in [0.15, 0.2) is 5.96 Å². The van der Waals surface area contributed by atoms with Gasteiger partial charge in [0, 0.05) is 32.8 Å². The maximum absolute atomic E-state index is 13.6. The molecule has 0 aliphatic rings. The highest BCUT2D eigenvalue weighted by atomic mass is 127. The molecule has 0 aromatic heterocycles. The first-order valence-corrected chi connectivity index (χ1v) is 8.48. The quantitative estimate of drug-likeness (QED) is 0.329. The number of nitrogens with zero attached hydrogens (tertiary/aromatic N) is 1. The molecule has 4 nitrogen and oxygen atoms in total. The molecule has 7 heteroatoms. The second kappa shape index (κ2) is 13.3. The molecule has 0 radical (unpaired) electrons. The third kappa shape index (κ3) is 9.34. The van der Waals surface area contributed by atoms with E-state index < -0.39 is 11.6 Å². The molecule has 1 unspecified atom stereocenters. The first kappa shape index (κ1) is 24.0. The van der Waals surface area contributed by atoms with Gasteiger partial charge in [-0.3, -0.25) is 4.99 Å². The van der Waals surface area contributed by atoms with Crippen LogP contribution in [-0.4, -0.2) is 38.8 Å². The Morgan fingerprint density at radius 3 is 2.44 bits per heavy atom. The largest absolute Gasteiger partial charge is 0.378 e. The van der Waals surface area contributed by atoms with Crippen LogP contribution in [0.15, 0.2) is 23.2 Å². The summed E-state index contributed by atoms with van der Waals surface area (Å²) in [7, 11) is 1.69. The van der Waals surface area contributed by atoms with E-state index in [2.05, 4.69) is 29.5 Å². The Hall–Kier alpha value is -0.960. The summed E-state index contributed by atoms with van der Waals surface area (Å²) in [6.07, 6.45) is 1.56. The third-order valence-corrected chi connectivity index (χ3v) is 3.77. The molecule has 0 aliphatic heterocycles. The van der Waals surface area contributed by atoms with Crippen molar-refractivity contribution in [1.82, 2.24) is 10.6 Å². The van der Waals surface area contributed by atoms with Gasteiger partial charge in [0.2, 0.25) is 0 Å². The van der Waals surface area contributed by atoms with Crippen molar-refractivity contribution in [3.63, 3.8) is 0 Å². The molecule has 2 N–H and O–H groups in total. The second-order valence-corrected chi connectivity index (χ2v) is 5.94. The zero-order chi connectivity index (χ0) is 17.9. The van der Waals surface area contributed by atoms with Crippen LogP contribution in [-0.2, 0) is 11.2 Å². The van der Waals surface area contributed by atoms with Crippen LogP contribution in [0.5, 0.6) is 0 Å². The Bertz CT molecular complexity index is 527. The van der Waals surface area contributed by atoms with Gasteiger partial charge in [-0.1, -0.05) is 19.9 Å². The lowest BCUT2D eigenvalue weighted by atomic mass is 10.0. The van der Waals surface area contributed by atoms with Crippen LogP contribution in [0.25, 0.3) is 0 Å². The van der Waals surface area contributed by atoms with Gasteiger partial charge in [0.1, 0.15) is 11.6 Å². The van der Waals surface area contributed by atoms with Crippen LogP contribution < -0.4 is 10.6 Å².